The van der Waals surface area contributed by atoms with Crippen LogP contribution in [0.15, 0.2) is 27.3 Å². The van der Waals surface area contributed by atoms with Crippen molar-refractivity contribution in [3.8, 4) is 11.6 Å². The van der Waals surface area contributed by atoms with Gasteiger partial charge in [0.15, 0.2) is 5.76 Å². The lowest BCUT2D eigenvalue weighted by Crippen LogP contribution is -2.29. The standard InChI is InChI=1S/C12H15N3O4/c1-15(6-7-16)11(17)5-4-10-13-12(14-19-10)9-3-2-8-18-9/h2-3,8,16H,4-7H2,1H3. The van der Waals surface area contributed by atoms with Crippen molar-refractivity contribution in [2.75, 3.05) is 20.2 Å². The molecule has 0 spiro atoms. The van der Waals surface area contributed by atoms with Crippen molar-refractivity contribution < 1.29 is 18.8 Å². The molecule has 0 saturated heterocycles. The van der Waals surface area contributed by atoms with Crippen molar-refractivity contribution in [2.45, 2.75) is 12.8 Å². The van der Waals surface area contributed by atoms with Gasteiger partial charge in [-0.2, -0.15) is 4.98 Å². The number of amides is 1. The second kappa shape index (κ2) is 6.14. The minimum absolute atomic E-state index is 0.0502. The minimum atomic E-state index is -0.0770. The summed E-state index contributed by atoms with van der Waals surface area (Å²) in [7, 11) is 1.64. The van der Waals surface area contributed by atoms with E-state index in [9.17, 15) is 4.79 Å². The molecule has 2 aromatic heterocycles. The van der Waals surface area contributed by atoms with Crippen LogP contribution in [-0.4, -0.2) is 46.3 Å². The fraction of sp³-hybridized carbons (Fsp3) is 0.417. The number of likely N-dealkylation sites (N-methyl/N-ethyl adjacent to an activating group) is 1. The first-order valence-corrected chi connectivity index (χ1v) is 5.92. The third-order valence-electron chi connectivity index (χ3n) is 2.62. The quantitative estimate of drug-likeness (QED) is 0.827. The number of aromatic nitrogens is 2. The SMILES string of the molecule is CN(CCO)C(=O)CCc1nc(-c2ccco2)no1. The number of furan rings is 1. The molecule has 7 nitrogen and oxygen atoms in total. The van der Waals surface area contributed by atoms with Gasteiger partial charge in [0.1, 0.15) is 0 Å². The van der Waals surface area contributed by atoms with Gasteiger partial charge >= 0.3 is 0 Å². The van der Waals surface area contributed by atoms with Crippen LogP contribution in [0.25, 0.3) is 11.6 Å². The first-order valence-electron chi connectivity index (χ1n) is 5.92. The second-order valence-corrected chi connectivity index (χ2v) is 4.03. The molecule has 0 fully saturated rings. The molecular formula is C12H15N3O4. The Kier molecular flexibility index (Phi) is 4.30. The molecule has 0 unspecified atom stereocenters. The van der Waals surface area contributed by atoms with Gasteiger partial charge in [-0.05, 0) is 12.1 Å². The number of aliphatic hydroxyl groups is 1. The second-order valence-electron chi connectivity index (χ2n) is 4.03. The predicted molar refractivity (Wildman–Crippen MR) is 65.0 cm³/mol. The van der Waals surface area contributed by atoms with Gasteiger partial charge in [-0.1, -0.05) is 5.16 Å². The number of hydrogen-bond donors (Lipinski definition) is 1. The highest BCUT2D eigenvalue weighted by atomic mass is 16.5. The zero-order valence-corrected chi connectivity index (χ0v) is 10.6. The molecule has 2 rings (SSSR count). The molecule has 7 heteroatoms. The molecule has 0 radical (unpaired) electrons. The lowest BCUT2D eigenvalue weighted by molar-refractivity contribution is -0.130. The maximum Gasteiger partial charge on any atom is 0.238 e. The molecule has 2 heterocycles. The van der Waals surface area contributed by atoms with E-state index >= 15 is 0 Å². The third kappa shape index (κ3) is 3.41. The normalized spacial score (nSPS) is 10.6. The summed E-state index contributed by atoms with van der Waals surface area (Å²) in [5.74, 6) is 1.21. The van der Waals surface area contributed by atoms with Crippen LogP contribution >= 0.6 is 0 Å². The highest BCUT2D eigenvalue weighted by Crippen LogP contribution is 2.16. The van der Waals surface area contributed by atoms with Gasteiger partial charge in [0.05, 0.1) is 12.9 Å². The van der Waals surface area contributed by atoms with Crippen molar-refractivity contribution in [2.24, 2.45) is 0 Å². The molecule has 102 valence electrons. The van der Waals surface area contributed by atoms with Crippen molar-refractivity contribution >= 4 is 5.91 Å². The molecule has 0 aliphatic heterocycles. The van der Waals surface area contributed by atoms with Crippen molar-refractivity contribution in [3.05, 3.63) is 24.3 Å². The van der Waals surface area contributed by atoms with E-state index in [2.05, 4.69) is 10.1 Å². The summed E-state index contributed by atoms with van der Waals surface area (Å²) in [5, 5.41) is 12.5. The average molecular weight is 265 g/mol. The maximum absolute atomic E-state index is 11.6. The number of hydrogen-bond acceptors (Lipinski definition) is 6. The van der Waals surface area contributed by atoms with E-state index in [1.165, 1.54) is 11.2 Å². The van der Waals surface area contributed by atoms with Crippen molar-refractivity contribution in [3.63, 3.8) is 0 Å². The van der Waals surface area contributed by atoms with Gasteiger partial charge in [-0.15, -0.1) is 0 Å². The Labute approximate surface area is 109 Å². The Morgan fingerprint density at radius 1 is 1.53 bits per heavy atom. The predicted octanol–water partition coefficient (Wildman–Crippen LogP) is 0.713. The number of carbonyl (C=O) groups is 1. The lowest BCUT2D eigenvalue weighted by atomic mass is 10.3. The first-order chi connectivity index (χ1) is 9.20. The van der Waals surface area contributed by atoms with E-state index in [-0.39, 0.29) is 18.9 Å². The Bertz CT molecular complexity index is 521. The molecule has 0 aromatic carbocycles. The third-order valence-corrected chi connectivity index (χ3v) is 2.62. The molecule has 1 N–H and O–H groups in total. The maximum atomic E-state index is 11.6. The highest BCUT2D eigenvalue weighted by molar-refractivity contribution is 5.76. The van der Waals surface area contributed by atoms with E-state index < -0.39 is 0 Å². The number of aliphatic hydroxyl groups excluding tert-OH is 1. The molecular weight excluding hydrogens is 250 g/mol. The number of carbonyl (C=O) groups excluding carboxylic acids is 1. The topological polar surface area (TPSA) is 92.6 Å². The van der Waals surface area contributed by atoms with E-state index in [0.717, 1.165) is 0 Å². The molecule has 0 aliphatic rings. The largest absolute Gasteiger partial charge is 0.461 e. The van der Waals surface area contributed by atoms with E-state index in [0.29, 0.717) is 30.4 Å². The summed E-state index contributed by atoms with van der Waals surface area (Å²) in [5.41, 5.74) is 0. The Morgan fingerprint density at radius 3 is 3.05 bits per heavy atom. The summed E-state index contributed by atoms with van der Waals surface area (Å²) < 4.78 is 10.2. The lowest BCUT2D eigenvalue weighted by Gasteiger charge is -2.14. The number of nitrogens with zero attached hydrogens (tertiary/aromatic N) is 3. The minimum Gasteiger partial charge on any atom is -0.461 e. The molecule has 1 amide bonds. The van der Waals surface area contributed by atoms with Gasteiger partial charge in [0.2, 0.25) is 17.6 Å². The summed E-state index contributed by atoms with van der Waals surface area (Å²) in [6.45, 7) is 0.270. The Balaban J connectivity index is 1.89. The average Bonchev–Trinajstić information content (AvgIpc) is 3.06. The van der Waals surface area contributed by atoms with Crippen LogP contribution in [0, 0.1) is 0 Å². The molecule has 0 atom stereocenters. The number of rotatable bonds is 6. The van der Waals surface area contributed by atoms with Gasteiger partial charge in [0.25, 0.3) is 0 Å². The summed E-state index contributed by atoms with van der Waals surface area (Å²) >= 11 is 0. The molecule has 19 heavy (non-hydrogen) atoms. The van der Waals surface area contributed by atoms with Gasteiger partial charge in [-0.3, -0.25) is 4.79 Å². The summed E-state index contributed by atoms with van der Waals surface area (Å²) in [6, 6.07) is 3.47. The molecule has 0 saturated carbocycles. The monoisotopic (exact) mass is 265 g/mol. The zero-order valence-electron chi connectivity index (χ0n) is 10.6. The van der Waals surface area contributed by atoms with Gasteiger partial charge in [-0.25, -0.2) is 0 Å². The molecule has 2 aromatic rings. The fourth-order valence-electron chi connectivity index (χ4n) is 1.54. The molecule has 0 bridgehead atoms. The van der Waals surface area contributed by atoms with E-state index in [4.69, 9.17) is 14.0 Å². The highest BCUT2D eigenvalue weighted by Gasteiger charge is 2.13. The Hall–Kier alpha value is -2.15. The van der Waals surface area contributed by atoms with Gasteiger partial charge in [0, 0.05) is 26.4 Å². The fourth-order valence-corrected chi connectivity index (χ4v) is 1.54. The Morgan fingerprint density at radius 2 is 2.37 bits per heavy atom. The van der Waals surface area contributed by atoms with Crippen LogP contribution in [0.3, 0.4) is 0 Å². The van der Waals surface area contributed by atoms with Crippen molar-refractivity contribution in [1.29, 1.82) is 0 Å². The van der Waals surface area contributed by atoms with E-state index in [1.54, 1.807) is 19.2 Å². The van der Waals surface area contributed by atoms with Crippen molar-refractivity contribution in [1.82, 2.24) is 15.0 Å². The van der Waals surface area contributed by atoms with Crippen LogP contribution < -0.4 is 0 Å². The van der Waals surface area contributed by atoms with Crippen LogP contribution in [0.2, 0.25) is 0 Å². The van der Waals surface area contributed by atoms with E-state index in [1.807, 2.05) is 0 Å². The summed E-state index contributed by atoms with van der Waals surface area (Å²) in [6.07, 6.45) is 2.15. The van der Waals surface area contributed by atoms with Crippen LogP contribution in [0.5, 0.6) is 0 Å². The molecule has 0 aliphatic carbocycles. The summed E-state index contributed by atoms with van der Waals surface area (Å²) in [4.78, 5) is 17.2. The van der Waals surface area contributed by atoms with Gasteiger partial charge < -0.3 is 18.9 Å². The number of aryl methyl sites for hydroxylation is 1. The van der Waals surface area contributed by atoms with Crippen LogP contribution in [0.4, 0.5) is 0 Å². The zero-order chi connectivity index (χ0) is 13.7. The first kappa shape index (κ1) is 13.3. The van der Waals surface area contributed by atoms with Crippen LogP contribution in [-0.2, 0) is 11.2 Å². The van der Waals surface area contributed by atoms with Crippen LogP contribution in [0.1, 0.15) is 12.3 Å². The smallest absolute Gasteiger partial charge is 0.238 e.